The summed E-state index contributed by atoms with van der Waals surface area (Å²) in [5.74, 6) is -2.52. The van der Waals surface area contributed by atoms with E-state index in [4.69, 9.17) is 9.47 Å². The van der Waals surface area contributed by atoms with E-state index >= 15 is 0 Å². The summed E-state index contributed by atoms with van der Waals surface area (Å²) in [6, 6.07) is 2.38. The van der Waals surface area contributed by atoms with Gasteiger partial charge in [0, 0.05) is 5.56 Å². The van der Waals surface area contributed by atoms with E-state index in [-0.39, 0.29) is 31.6 Å². The van der Waals surface area contributed by atoms with Crippen molar-refractivity contribution < 1.29 is 55.3 Å². The Hall–Kier alpha value is -3.19. The van der Waals surface area contributed by atoms with Gasteiger partial charge in [0.15, 0.2) is 0 Å². The van der Waals surface area contributed by atoms with Gasteiger partial charge in [-0.2, -0.15) is 13.2 Å². The van der Waals surface area contributed by atoms with Gasteiger partial charge in [0.05, 0.1) is 18.8 Å². The second-order valence-electron chi connectivity index (χ2n) is 5.79. The minimum absolute atomic E-state index is 0.0601. The molecule has 0 radical (unpaired) electrons. The van der Waals surface area contributed by atoms with E-state index in [1.807, 2.05) is 0 Å². The smallest absolute Gasteiger partial charge is 0.475 e. The van der Waals surface area contributed by atoms with Crippen molar-refractivity contribution in [3.63, 3.8) is 0 Å². The number of fused-ring (bicyclic) bond motifs is 1. The lowest BCUT2D eigenvalue weighted by molar-refractivity contribution is -0.757. The number of carbonyl (C=O) groups is 1. The van der Waals surface area contributed by atoms with Crippen LogP contribution in [0.15, 0.2) is 23.8 Å². The van der Waals surface area contributed by atoms with E-state index in [1.165, 1.54) is 0 Å². The molecule has 1 heterocycles. The lowest BCUT2D eigenvalue weighted by atomic mass is 10.0. The van der Waals surface area contributed by atoms with E-state index in [1.54, 1.807) is 0 Å². The molecule has 0 fully saturated rings. The number of hydrogen-bond donors (Lipinski definition) is 0. The molecule has 1 aromatic rings. The Morgan fingerprint density at radius 1 is 1.13 bits per heavy atom. The summed E-state index contributed by atoms with van der Waals surface area (Å²) in [5.41, 5.74) is -1.22. The highest BCUT2D eigenvalue weighted by molar-refractivity contribution is 5.96. The number of halogens is 6. The summed E-state index contributed by atoms with van der Waals surface area (Å²) in [7, 11) is 0. The average molecular weight is 445 g/mol. The molecule has 0 saturated heterocycles. The van der Waals surface area contributed by atoms with Crippen LogP contribution in [0.4, 0.5) is 26.3 Å². The molecule has 1 aliphatic heterocycles. The van der Waals surface area contributed by atoms with Gasteiger partial charge in [0.2, 0.25) is 6.10 Å². The fraction of sp³-hybridized carbons (Fsp3) is 0.438. The van der Waals surface area contributed by atoms with Gasteiger partial charge in [-0.3, -0.25) is 0 Å². The molecule has 0 amide bonds. The Kier molecular flexibility index (Phi) is 7.00. The van der Waals surface area contributed by atoms with Crippen LogP contribution < -0.4 is 9.47 Å². The Morgan fingerprint density at radius 2 is 1.80 bits per heavy atom. The zero-order valence-corrected chi connectivity index (χ0v) is 14.8. The van der Waals surface area contributed by atoms with Gasteiger partial charge in [0.25, 0.3) is 5.09 Å². The van der Waals surface area contributed by atoms with Gasteiger partial charge in [0.1, 0.15) is 11.5 Å². The molecule has 0 aliphatic carbocycles. The predicted molar refractivity (Wildman–Crippen MR) is 84.7 cm³/mol. The second kappa shape index (κ2) is 9.09. The number of carbonyl (C=O) groups excluding carboxylic acids is 1. The van der Waals surface area contributed by atoms with Crippen molar-refractivity contribution in [3.05, 3.63) is 39.4 Å². The largest absolute Gasteiger partial charge is 0.573 e. The van der Waals surface area contributed by atoms with E-state index < -0.39 is 46.8 Å². The highest BCUT2D eigenvalue weighted by Gasteiger charge is 2.49. The minimum atomic E-state index is -5.03. The fourth-order valence-electron chi connectivity index (χ4n) is 2.38. The molecule has 0 N–H and O–H groups in total. The number of hydrogen-bond acceptors (Lipinski definition) is 7. The van der Waals surface area contributed by atoms with Crippen LogP contribution in [0, 0.1) is 10.1 Å². The topological polar surface area (TPSA) is 97.1 Å². The van der Waals surface area contributed by atoms with Gasteiger partial charge < -0.3 is 19.0 Å². The summed E-state index contributed by atoms with van der Waals surface area (Å²) in [4.78, 5) is 26.1. The zero-order valence-electron chi connectivity index (χ0n) is 14.8. The van der Waals surface area contributed by atoms with E-state index in [0.717, 1.165) is 18.2 Å². The van der Waals surface area contributed by atoms with Crippen LogP contribution in [0.2, 0.25) is 0 Å². The van der Waals surface area contributed by atoms with Crippen molar-refractivity contribution in [1.29, 1.82) is 0 Å². The Morgan fingerprint density at radius 3 is 2.40 bits per heavy atom. The van der Waals surface area contributed by atoms with Gasteiger partial charge in [-0.15, -0.1) is 23.3 Å². The SMILES string of the molecule is O=C(OCCCCO[N+](=O)[O-])C1=Cc2cc(OC(F)(F)F)ccc2OC1C(F)(F)F. The molecule has 0 aromatic heterocycles. The summed E-state index contributed by atoms with van der Waals surface area (Å²) >= 11 is 0. The predicted octanol–water partition coefficient (Wildman–Crippen LogP) is 3.82. The molecular weight excluding hydrogens is 432 g/mol. The van der Waals surface area contributed by atoms with E-state index in [2.05, 4.69) is 9.57 Å². The molecule has 0 saturated carbocycles. The first kappa shape index (κ1) is 23.1. The molecule has 1 unspecified atom stereocenters. The highest BCUT2D eigenvalue weighted by atomic mass is 19.4. The molecule has 30 heavy (non-hydrogen) atoms. The maximum Gasteiger partial charge on any atom is 0.573 e. The summed E-state index contributed by atoms with van der Waals surface area (Å²) in [5, 5.41) is 8.95. The van der Waals surface area contributed by atoms with E-state index in [9.17, 15) is 41.3 Å². The number of ether oxygens (including phenoxy) is 3. The van der Waals surface area contributed by atoms with Crippen LogP contribution in [0.3, 0.4) is 0 Å². The third-order valence-electron chi connectivity index (χ3n) is 3.55. The lowest BCUT2D eigenvalue weighted by Crippen LogP contribution is -2.40. The van der Waals surface area contributed by atoms with Gasteiger partial charge in [-0.05, 0) is 37.1 Å². The third kappa shape index (κ3) is 6.70. The number of unbranched alkanes of at least 4 members (excludes halogenated alkanes) is 1. The van der Waals surface area contributed by atoms with Crippen molar-refractivity contribution in [2.75, 3.05) is 13.2 Å². The first-order valence-corrected chi connectivity index (χ1v) is 8.16. The molecule has 14 heteroatoms. The quantitative estimate of drug-likeness (QED) is 0.197. The number of nitrogens with zero attached hydrogens (tertiary/aromatic N) is 1. The molecular formula is C16H13F6NO7. The Bertz CT molecular complexity index is 821. The summed E-state index contributed by atoms with van der Waals surface area (Å²) in [6.07, 6.45) is -11.9. The van der Waals surface area contributed by atoms with Crippen LogP contribution in [0.1, 0.15) is 18.4 Å². The number of benzene rings is 1. The molecule has 2 rings (SSSR count). The van der Waals surface area contributed by atoms with Crippen LogP contribution in [0.25, 0.3) is 6.08 Å². The average Bonchev–Trinajstić information content (AvgIpc) is 2.60. The number of esters is 1. The van der Waals surface area contributed by atoms with Crippen LogP contribution in [-0.4, -0.2) is 42.9 Å². The first-order valence-electron chi connectivity index (χ1n) is 8.16. The van der Waals surface area contributed by atoms with Crippen molar-refractivity contribution >= 4 is 12.0 Å². The molecule has 0 bridgehead atoms. The van der Waals surface area contributed by atoms with Crippen molar-refractivity contribution in [2.45, 2.75) is 31.5 Å². The maximum absolute atomic E-state index is 13.3. The molecule has 1 atom stereocenters. The summed E-state index contributed by atoms with van der Waals surface area (Å²) in [6.45, 7) is -0.664. The lowest BCUT2D eigenvalue weighted by Gasteiger charge is -2.28. The monoisotopic (exact) mass is 445 g/mol. The Labute approximate surface area is 164 Å². The Balaban J connectivity index is 2.14. The zero-order chi connectivity index (χ0) is 22.5. The highest BCUT2D eigenvalue weighted by Crippen LogP contribution is 2.39. The molecule has 1 aromatic carbocycles. The van der Waals surface area contributed by atoms with Crippen molar-refractivity contribution in [1.82, 2.24) is 0 Å². The van der Waals surface area contributed by atoms with Crippen LogP contribution >= 0.6 is 0 Å². The minimum Gasteiger partial charge on any atom is -0.475 e. The fourth-order valence-corrected chi connectivity index (χ4v) is 2.38. The maximum atomic E-state index is 13.3. The first-order chi connectivity index (χ1) is 13.9. The van der Waals surface area contributed by atoms with Gasteiger partial charge >= 0.3 is 18.5 Å². The van der Waals surface area contributed by atoms with Gasteiger partial charge in [-0.25, -0.2) is 4.79 Å². The third-order valence-corrected chi connectivity index (χ3v) is 3.55. The standard InChI is InChI=1S/C16H13F6NO7/c17-15(18,19)13-11(14(24)27-5-1-2-6-28-23(25)26)8-9-7-10(30-16(20,21)22)3-4-12(9)29-13/h3-4,7-8,13H,1-2,5-6H2. The normalized spacial score (nSPS) is 16.1. The van der Waals surface area contributed by atoms with Crippen molar-refractivity contribution in [2.24, 2.45) is 0 Å². The molecule has 166 valence electrons. The van der Waals surface area contributed by atoms with E-state index in [0.29, 0.717) is 6.08 Å². The molecule has 0 spiro atoms. The second-order valence-corrected chi connectivity index (χ2v) is 5.79. The number of alkyl halides is 6. The summed E-state index contributed by atoms with van der Waals surface area (Å²) < 4.78 is 90.0. The van der Waals surface area contributed by atoms with Crippen molar-refractivity contribution in [3.8, 4) is 11.5 Å². The number of rotatable bonds is 8. The molecule has 1 aliphatic rings. The molecule has 8 nitrogen and oxygen atoms in total. The van der Waals surface area contributed by atoms with Crippen LogP contribution in [-0.2, 0) is 14.4 Å². The van der Waals surface area contributed by atoms with Crippen LogP contribution in [0.5, 0.6) is 11.5 Å². The van der Waals surface area contributed by atoms with Gasteiger partial charge in [-0.1, -0.05) is 0 Å².